The number of piperidine rings is 1. The average molecular weight is 290 g/mol. The topological polar surface area (TPSA) is 66.5 Å². The number of hydrogen-bond acceptors (Lipinski definition) is 3. The molecule has 1 amide bonds. The molecule has 112 valence electrons. The zero-order valence-corrected chi connectivity index (χ0v) is 13.2. The van der Waals surface area contributed by atoms with Crippen LogP contribution in [-0.2, 0) is 14.8 Å². The van der Waals surface area contributed by atoms with E-state index < -0.39 is 10.0 Å². The van der Waals surface area contributed by atoms with Crippen molar-refractivity contribution in [2.45, 2.75) is 40.0 Å². The van der Waals surface area contributed by atoms with E-state index in [4.69, 9.17) is 0 Å². The Labute approximate surface area is 116 Å². The summed E-state index contributed by atoms with van der Waals surface area (Å²) in [5.74, 6) is 0.472. The van der Waals surface area contributed by atoms with Gasteiger partial charge in [0.05, 0.1) is 6.26 Å². The molecule has 0 aromatic carbocycles. The average Bonchev–Trinajstić information content (AvgIpc) is 2.23. The summed E-state index contributed by atoms with van der Waals surface area (Å²) in [5, 5.41) is 2.96. The van der Waals surface area contributed by atoms with Gasteiger partial charge in [-0.05, 0) is 24.2 Å². The highest BCUT2D eigenvalue weighted by Crippen LogP contribution is 2.20. The van der Waals surface area contributed by atoms with E-state index in [1.165, 1.54) is 10.6 Å². The van der Waals surface area contributed by atoms with Crippen LogP contribution in [0.25, 0.3) is 0 Å². The largest absolute Gasteiger partial charge is 0.356 e. The Kier molecular flexibility index (Phi) is 5.38. The lowest BCUT2D eigenvalue weighted by Crippen LogP contribution is -2.41. The fraction of sp³-hybridized carbons (Fsp3) is 0.923. The third-order valence-electron chi connectivity index (χ3n) is 3.32. The molecule has 1 aliphatic rings. The van der Waals surface area contributed by atoms with Crippen molar-refractivity contribution in [3.05, 3.63) is 0 Å². The van der Waals surface area contributed by atoms with Gasteiger partial charge in [0, 0.05) is 26.1 Å². The Morgan fingerprint density at radius 2 is 1.79 bits per heavy atom. The van der Waals surface area contributed by atoms with Crippen molar-refractivity contribution < 1.29 is 13.2 Å². The van der Waals surface area contributed by atoms with E-state index in [9.17, 15) is 13.2 Å². The van der Waals surface area contributed by atoms with Gasteiger partial charge in [0.15, 0.2) is 0 Å². The van der Waals surface area contributed by atoms with Crippen LogP contribution in [0.4, 0.5) is 0 Å². The lowest BCUT2D eigenvalue weighted by Gasteiger charge is -2.30. The number of hydrogen-bond donors (Lipinski definition) is 1. The molecule has 1 fully saturated rings. The maximum Gasteiger partial charge on any atom is 0.220 e. The Morgan fingerprint density at radius 3 is 2.21 bits per heavy atom. The van der Waals surface area contributed by atoms with E-state index in [0.29, 0.717) is 32.0 Å². The Hall–Kier alpha value is -0.620. The standard InChI is InChI=1S/C13H26N2O3S/c1-13(2,3)9-12(16)14-10-11-5-7-15(8-6-11)19(4,17)18/h11H,5-10H2,1-4H3,(H,14,16). The Balaban J connectivity index is 2.29. The molecule has 5 nitrogen and oxygen atoms in total. The first-order valence-corrected chi connectivity index (χ1v) is 8.64. The molecule has 19 heavy (non-hydrogen) atoms. The molecule has 0 unspecified atom stereocenters. The van der Waals surface area contributed by atoms with Crippen LogP contribution in [0.5, 0.6) is 0 Å². The van der Waals surface area contributed by atoms with Crippen LogP contribution in [0.1, 0.15) is 40.0 Å². The van der Waals surface area contributed by atoms with Crippen LogP contribution >= 0.6 is 0 Å². The third kappa shape index (κ3) is 6.38. The summed E-state index contributed by atoms with van der Waals surface area (Å²) in [6.45, 7) is 7.91. The first-order valence-electron chi connectivity index (χ1n) is 6.80. The van der Waals surface area contributed by atoms with E-state index in [1.54, 1.807) is 0 Å². The van der Waals surface area contributed by atoms with Gasteiger partial charge in [0.1, 0.15) is 0 Å². The summed E-state index contributed by atoms with van der Waals surface area (Å²) >= 11 is 0. The van der Waals surface area contributed by atoms with Gasteiger partial charge in [0.2, 0.25) is 15.9 Å². The van der Waals surface area contributed by atoms with E-state index in [1.807, 2.05) is 20.8 Å². The second kappa shape index (κ2) is 6.22. The van der Waals surface area contributed by atoms with Gasteiger partial charge in [-0.3, -0.25) is 4.79 Å². The number of amides is 1. The normalized spacial score (nSPS) is 19.4. The number of nitrogens with zero attached hydrogens (tertiary/aromatic N) is 1. The van der Waals surface area contributed by atoms with Gasteiger partial charge in [0.25, 0.3) is 0 Å². The fourth-order valence-electron chi connectivity index (χ4n) is 2.25. The molecule has 0 saturated carbocycles. The summed E-state index contributed by atoms with van der Waals surface area (Å²) in [4.78, 5) is 11.7. The van der Waals surface area contributed by atoms with Crippen molar-refractivity contribution in [3.63, 3.8) is 0 Å². The predicted molar refractivity (Wildman–Crippen MR) is 76.2 cm³/mol. The molecule has 1 rings (SSSR count). The first kappa shape index (κ1) is 16.4. The van der Waals surface area contributed by atoms with E-state index in [-0.39, 0.29) is 11.3 Å². The van der Waals surface area contributed by atoms with Gasteiger partial charge < -0.3 is 5.32 Å². The van der Waals surface area contributed by atoms with Crippen molar-refractivity contribution >= 4 is 15.9 Å². The minimum atomic E-state index is -3.06. The van der Waals surface area contributed by atoms with Gasteiger partial charge in [-0.15, -0.1) is 0 Å². The number of rotatable bonds is 4. The molecular weight excluding hydrogens is 264 g/mol. The van der Waals surface area contributed by atoms with Crippen molar-refractivity contribution in [1.82, 2.24) is 9.62 Å². The summed E-state index contributed by atoms with van der Waals surface area (Å²) < 4.78 is 24.3. The van der Waals surface area contributed by atoms with Crippen molar-refractivity contribution in [3.8, 4) is 0 Å². The zero-order chi connectivity index (χ0) is 14.7. The van der Waals surface area contributed by atoms with Crippen LogP contribution in [0, 0.1) is 11.3 Å². The molecule has 6 heteroatoms. The highest BCUT2D eigenvalue weighted by Gasteiger charge is 2.25. The maximum absolute atomic E-state index is 11.7. The molecule has 0 aromatic rings. The zero-order valence-electron chi connectivity index (χ0n) is 12.4. The van der Waals surface area contributed by atoms with Crippen molar-refractivity contribution in [2.75, 3.05) is 25.9 Å². The summed E-state index contributed by atoms with van der Waals surface area (Å²) in [5.41, 5.74) is 0.00371. The van der Waals surface area contributed by atoms with Crippen LogP contribution < -0.4 is 5.32 Å². The number of nitrogens with one attached hydrogen (secondary N) is 1. The van der Waals surface area contributed by atoms with Crippen molar-refractivity contribution in [1.29, 1.82) is 0 Å². The third-order valence-corrected chi connectivity index (χ3v) is 4.62. The second-order valence-electron chi connectivity index (χ2n) is 6.65. The Morgan fingerprint density at radius 1 is 1.26 bits per heavy atom. The van der Waals surface area contributed by atoms with Crippen LogP contribution in [0.15, 0.2) is 0 Å². The monoisotopic (exact) mass is 290 g/mol. The second-order valence-corrected chi connectivity index (χ2v) is 8.63. The number of sulfonamides is 1. The van der Waals surface area contributed by atoms with Crippen molar-refractivity contribution in [2.24, 2.45) is 11.3 Å². The predicted octanol–water partition coefficient (Wildman–Crippen LogP) is 1.21. The first-order chi connectivity index (χ1) is 8.58. The molecule has 0 spiro atoms. The van der Waals surface area contributed by atoms with Gasteiger partial charge in [-0.25, -0.2) is 12.7 Å². The molecule has 0 aliphatic carbocycles. The van der Waals surface area contributed by atoms with Crippen LogP contribution in [0.3, 0.4) is 0 Å². The molecule has 0 aromatic heterocycles. The molecule has 1 heterocycles. The summed E-state index contributed by atoms with van der Waals surface area (Å²) in [6, 6.07) is 0. The lowest BCUT2D eigenvalue weighted by atomic mass is 9.91. The fourth-order valence-corrected chi connectivity index (χ4v) is 3.12. The Bertz CT molecular complexity index is 404. The quantitative estimate of drug-likeness (QED) is 0.846. The minimum absolute atomic E-state index is 0.00371. The van der Waals surface area contributed by atoms with Gasteiger partial charge in [-0.2, -0.15) is 0 Å². The van der Waals surface area contributed by atoms with Gasteiger partial charge in [-0.1, -0.05) is 20.8 Å². The van der Waals surface area contributed by atoms with E-state index in [0.717, 1.165) is 12.8 Å². The minimum Gasteiger partial charge on any atom is -0.356 e. The SMILES string of the molecule is CC(C)(C)CC(=O)NCC1CCN(S(C)(=O)=O)CC1. The highest BCUT2D eigenvalue weighted by atomic mass is 32.2. The smallest absolute Gasteiger partial charge is 0.220 e. The van der Waals surface area contributed by atoms with Crippen LogP contribution in [0.2, 0.25) is 0 Å². The molecule has 1 aliphatic heterocycles. The molecule has 0 bridgehead atoms. The molecular formula is C13H26N2O3S. The number of carbonyl (C=O) groups excluding carboxylic acids is 1. The molecule has 0 atom stereocenters. The van der Waals surface area contributed by atoms with E-state index >= 15 is 0 Å². The maximum atomic E-state index is 11.7. The van der Waals surface area contributed by atoms with Gasteiger partial charge >= 0.3 is 0 Å². The van der Waals surface area contributed by atoms with E-state index in [2.05, 4.69) is 5.32 Å². The molecule has 0 radical (unpaired) electrons. The molecule has 1 N–H and O–H groups in total. The number of carbonyl (C=O) groups is 1. The van der Waals surface area contributed by atoms with Crippen LogP contribution in [-0.4, -0.2) is 44.5 Å². The molecule has 1 saturated heterocycles. The summed E-state index contributed by atoms with van der Waals surface area (Å²) in [7, 11) is -3.06. The summed E-state index contributed by atoms with van der Waals surface area (Å²) in [6.07, 6.45) is 3.42. The highest BCUT2D eigenvalue weighted by molar-refractivity contribution is 7.88. The lowest BCUT2D eigenvalue weighted by molar-refractivity contribution is -0.123.